The standard InChI is InChI=1S/C23H27NO3/c1-6-27-22(25)21-14-17-13-19(26-5)11-12-20(17)24(21)15-16-7-9-18(10-8-16)23(2,3)4/h7-14H,6,15H2,1-5H3. The Morgan fingerprint density at radius 1 is 1.04 bits per heavy atom. The van der Waals surface area contributed by atoms with Gasteiger partial charge in [0.25, 0.3) is 0 Å². The molecule has 0 N–H and O–H groups in total. The zero-order valence-corrected chi connectivity index (χ0v) is 16.7. The van der Waals surface area contributed by atoms with Crippen LogP contribution in [0.15, 0.2) is 48.5 Å². The van der Waals surface area contributed by atoms with Crippen LogP contribution in [0.5, 0.6) is 5.75 Å². The van der Waals surface area contributed by atoms with E-state index in [1.54, 1.807) is 7.11 Å². The molecular weight excluding hydrogens is 338 g/mol. The van der Waals surface area contributed by atoms with Gasteiger partial charge in [0.1, 0.15) is 11.4 Å². The Morgan fingerprint density at radius 2 is 1.74 bits per heavy atom. The fourth-order valence-electron chi connectivity index (χ4n) is 3.21. The summed E-state index contributed by atoms with van der Waals surface area (Å²) in [5, 5.41) is 0.962. The molecule has 2 aromatic carbocycles. The maximum Gasteiger partial charge on any atom is 0.354 e. The molecule has 3 rings (SSSR count). The van der Waals surface area contributed by atoms with Crippen molar-refractivity contribution in [1.29, 1.82) is 0 Å². The van der Waals surface area contributed by atoms with Crippen LogP contribution in [0, 0.1) is 0 Å². The van der Waals surface area contributed by atoms with Crippen LogP contribution in [0.2, 0.25) is 0 Å². The van der Waals surface area contributed by atoms with Gasteiger partial charge >= 0.3 is 5.97 Å². The van der Waals surface area contributed by atoms with E-state index in [0.29, 0.717) is 18.8 Å². The van der Waals surface area contributed by atoms with Crippen LogP contribution in [-0.4, -0.2) is 24.3 Å². The second-order valence-electron chi connectivity index (χ2n) is 7.71. The number of hydrogen-bond acceptors (Lipinski definition) is 3. The number of rotatable bonds is 5. The van der Waals surface area contributed by atoms with Gasteiger partial charge in [0, 0.05) is 17.4 Å². The van der Waals surface area contributed by atoms with Crippen molar-refractivity contribution < 1.29 is 14.3 Å². The summed E-state index contributed by atoms with van der Waals surface area (Å²) in [4.78, 5) is 12.5. The molecule has 0 unspecified atom stereocenters. The first-order chi connectivity index (χ1) is 12.8. The van der Waals surface area contributed by atoms with Crippen molar-refractivity contribution in [3.8, 4) is 5.75 Å². The number of fused-ring (bicyclic) bond motifs is 1. The average Bonchev–Trinajstić information content (AvgIpc) is 2.99. The van der Waals surface area contributed by atoms with Crippen LogP contribution >= 0.6 is 0 Å². The minimum atomic E-state index is -0.307. The minimum absolute atomic E-state index is 0.116. The number of nitrogens with zero attached hydrogens (tertiary/aromatic N) is 1. The number of methoxy groups -OCH3 is 1. The summed E-state index contributed by atoms with van der Waals surface area (Å²) in [6, 6.07) is 16.3. The Hall–Kier alpha value is -2.75. The lowest BCUT2D eigenvalue weighted by Crippen LogP contribution is -2.13. The molecule has 0 spiro atoms. The SMILES string of the molecule is CCOC(=O)c1cc2cc(OC)ccc2n1Cc1ccc(C(C)(C)C)cc1. The third-order valence-electron chi connectivity index (χ3n) is 4.75. The smallest absolute Gasteiger partial charge is 0.354 e. The van der Waals surface area contributed by atoms with Crippen LogP contribution in [0.1, 0.15) is 49.3 Å². The molecule has 0 bridgehead atoms. The second-order valence-corrected chi connectivity index (χ2v) is 7.71. The van der Waals surface area contributed by atoms with Gasteiger partial charge in [0.15, 0.2) is 0 Å². The third-order valence-corrected chi connectivity index (χ3v) is 4.75. The molecule has 1 aromatic heterocycles. The largest absolute Gasteiger partial charge is 0.497 e. The molecule has 4 nitrogen and oxygen atoms in total. The molecular formula is C23H27NO3. The van der Waals surface area contributed by atoms with E-state index in [2.05, 4.69) is 45.0 Å². The molecule has 0 aliphatic carbocycles. The molecule has 0 fully saturated rings. The molecule has 0 saturated heterocycles. The summed E-state index contributed by atoms with van der Waals surface area (Å²) < 4.78 is 12.6. The summed E-state index contributed by atoms with van der Waals surface area (Å²) in [6.45, 7) is 9.38. The topological polar surface area (TPSA) is 40.5 Å². The van der Waals surface area contributed by atoms with Crippen molar-refractivity contribution in [1.82, 2.24) is 4.57 Å². The van der Waals surface area contributed by atoms with Gasteiger partial charge in [-0.25, -0.2) is 4.79 Å². The highest BCUT2D eigenvalue weighted by atomic mass is 16.5. The van der Waals surface area contributed by atoms with Crippen LogP contribution in [-0.2, 0) is 16.7 Å². The van der Waals surface area contributed by atoms with E-state index in [1.807, 2.05) is 35.8 Å². The molecule has 142 valence electrons. The zero-order chi connectivity index (χ0) is 19.6. The molecule has 0 radical (unpaired) electrons. The maximum atomic E-state index is 12.5. The highest BCUT2D eigenvalue weighted by molar-refractivity contribution is 5.96. The lowest BCUT2D eigenvalue weighted by atomic mass is 9.87. The number of benzene rings is 2. The first-order valence-electron chi connectivity index (χ1n) is 9.27. The van der Waals surface area contributed by atoms with Gasteiger partial charge in [-0.15, -0.1) is 0 Å². The monoisotopic (exact) mass is 365 g/mol. The number of carbonyl (C=O) groups is 1. The van der Waals surface area contributed by atoms with E-state index >= 15 is 0 Å². The quantitative estimate of drug-likeness (QED) is 0.586. The Labute approximate surface area is 160 Å². The Morgan fingerprint density at radius 3 is 2.33 bits per heavy atom. The first kappa shape index (κ1) is 19.0. The zero-order valence-electron chi connectivity index (χ0n) is 16.7. The van der Waals surface area contributed by atoms with E-state index in [-0.39, 0.29) is 11.4 Å². The molecule has 0 aliphatic heterocycles. The predicted octanol–water partition coefficient (Wildman–Crippen LogP) is 5.17. The molecule has 0 atom stereocenters. The number of hydrogen-bond donors (Lipinski definition) is 0. The maximum absolute atomic E-state index is 12.5. The lowest BCUT2D eigenvalue weighted by molar-refractivity contribution is 0.0515. The molecule has 4 heteroatoms. The highest BCUT2D eigenvalue weighted by Crippen LogP contribution is 2.27. The average molecular weight is 365 g/mol. The second kappa shape index (κ2) is 7.47. The molecule has 3 aromatic rings. The number of carbonyl (C=O) groups excluding carboxylic acids is 1. The Kier molecular flexibility index (Phi) is 5.26. The van der Waals surface area contributed by atoms with Gasteiger partial charge in [-0.1, -0.05) is 45.0 Å². The molecule has 0 saturated carbocycles. The summed E-state index contributed by atoms with van der Waals surface area (Å²) in [5.41, 5.74) is 4.09. The van der Waals surface area contributed by atoms with E-state index < -0.39 is 0 Å². The molecule has 1 heterocycles. The van der Waals surface area contributed by atoms with Crippen molar-refractivity contribution in [3.63, 3.8) is 0 Å². The molecule has 27 heavy (non-hydrogen) atoms. The lowest BCUT2D eigenvalue weighted by Gasteiger charge is -2.19. The first-order valence-corrected chi connectivity index (χ1v) is 9.27. The van der Waals surface area contributed by atoms with Crippen molar-refractivity contribution >= 4 is 16.9 Å². The summed E-state index contributed by atoms with van der Waals surface area (Å²) >= 11 is 0. The van der Waals surface area contributed by atoms with Gasteiger partial charge in [-0.3, -0.25) is 0 Å². The number of ether oxygens (including phenoxy) is 2. The summed E-state index contributed by atoms with van der Waals surface area (Å²) in [7, 11) is 1.64. The van der Waals surface area contributed by atoms with Gasteiger partial charge in [-0.2, -0.15) is 0 Å². The minimum Gasteiger partial charge on any atom is -0.497 e. The van der Waals surface area contributed by atoms with Crippen LogP contribution in [0.3, 0.4) is 0 Å². The van der Waals surface area contributed by atoms with E-state index in [1.165, 1.54) is 5.56 Å². The van der Waals surface area contributed by atoms with Crippen LogP contribution < -0.4 is 4.74 Å². The summed E-state index contributed by atoms with van der Waals surface area (Å²) in [6.07, 6.45) is 0. The van der Waals surface area contributed by atoms with E-state index in [0.717, 1.165) is 22.2 Å². The summed E-state index contributed by atoms with van der Waals surface area (Å²) in [5.74, 6) is 0.462. The van der Waals surface area contributed by atoms with Crippen LogP contribution in [0.25, 0.3) is 10.9 Å². The number of aromatic nitrogens is 1. The van der Waals surface area contributed by atoms with E-state index in [9.17, 15) is 4.79 Å². The molecule has 0 aliphatic rings. The van der Waals surface area contributed by atoms with Crippen LogP contribution in [0.4, 0.5) is 0 Å². The predicted molar refractivity (Wildman–Crippen MR) is 109 cm³/mol. The van der Waals surface area contributed by atoms with Gasteiger partial charge in [-0.05, 0) is 47.7 Å². The van der Waals surface area contributed by atoms with Gasteiger partial charge < -0.3 is 14.0 Å². The number of esters is 1. The van der Waals surface area contributed by atoms with Crippen molar-refractivity contribution in [2.45, 2.75) is 39.7 Å². The van der Waals surface area contributed by atoms with Crippen molar-refractivity contribution in [2.75, 3.05) is 13.7 Å². The fourth-order valence-corrected chi connectivity index (χ4v) is 3.21. The van der Waals surface area contributed by atoms with Crippen molar-refractivity contribution in [2.24, 2.45) is 0 Å². The van der Waals surface area contributed by atoms with Gasteiger partial charge in [0.05, 0.1) is 13.7 Å². The van der Waals surface area contributed by atoms with E-state index in [4.69, 9.17) is 9.47 Å². The fraction of sp³-hybridized carbons (Fsp3) is 0.348. The third kappa shape index (κ3) is 4.00. The molecule has 0 amide bonds. The highest BCUT2D eigenvalue weighted by Gasteiger charge is 2.18. The Balaban J connectivity index is 2.03. The Bertz CT molecular complexity index is 946. The normalized spacial score (nSPS) is 11.6. The van der Waals surface area contributed by atoms with Crippen molar-refractivity contribution in [3.05, 3.63) is 65.4 Å². The van der Waals surface area contributed by atoms with Gasteiger partial charge in [0.2, 0.25) is 0 Å².